The first-order valence-electron chi connectivity index (χ1n) is 5.08. The summed E-state index contributed by atoms with van der Waals surface area (Å²) in [6.45, 7) is 3.52. The Kier molecular flexibility index (Phi) is 4.38. The van der Waals surface area contributed by atoms with E-state index in [1.54, 1.807) is 19.9 Å². The maximum absolute atomic E-state index is 11.4. The highest BCUT2D eigenvalue weighted by molar-refractivity contribution is 5.79. The lowest BCUT2D eigenvalue weighted by Gasteiger charge is -2.13. The van der Waals surface area contributed by atoms with E-state index < -0.39 is 16.9 Å². The van der Waals surface area contributed by atoms with Crippen molar-refractivity contribution in [3.63, 3.8) is 0 Å². The van der Waals surface area contributed by atoms with E-state index in [4.69, 9.17) is 4.74 Å². The van der Waals surface area contributed by atoms with Gasteiger partial charge in [0, 0.05) is 0 Å². The molecule has 0 saturated carbocycles. The summed E-state index contributed by atoms with van der Waals surface area (Å²) in [6.07, 6.45) is 1.32. The minimum atomic E-state index is -0.669. The third-order valence-corrected chi connectivity index (χ3v) is 1.97. The maximum atomic E-state index is 11.4. The van der Waals surface area contributed by atoms with Crippen LogP contribution in [-0.4, -0.2) is 28.5 Å². The van der Waals surface area contributed by atoms with Crippen molar-refractivity contribution in [2.24, 2.45) is 0 Å². The first-order chi connectivity index (χ1) is 8.06. The van der Waals surface area contributed by atoms with Crippen LogP contribution in [-0.2, 0) is 9.53 Å². The van der Waals surface area contributed by atoms with E-state index in [-0.39, 0.29) is 18.1 Å². The minimum absolute atomic E-state index is 0.193. The molecule has 0 fully saturated rings. The van der Waals surface area contributed by atoms with Crippen molar-refractivity contribution >= 4 is 17.5 Å². The van der Waals surface area contributed by atoms with Crippen LogP contribution in [0.5, 0.6) is 0 Å². The normalized spacial score (nSPS) is 11.6. The van der Waals surface area contributed by atoms with Gasteiger partial charge in [-0.05, 0) is 35.9 Å². The number of anilines is 1. The fourth-order valence-corrected chi connectivity index (χ4v) is 1.21. The Morgan fingerprint density at radius 2 is 2.41 bits per heavy atom. The predicted molar refractivity (Wildman–Crippen MR) is 60.6 cm³/mol. The molecule has 1 N–H and O–H groups in total. The molecule has 0 bridgehead atoms. The van der Waals surface area contributed by atoms with Gasteiger partial charge in [0.25, 0.3) is 0 Å². The Hall–Kier alpha value is -2.18. The summed E-state index contributed by atoms with van der Waals surface area (Å²) in [5.41, 5.74) is 0.193. The van der Waals surface area contributed by atoms with E-state index in [2.05, 4.69) is 10.3 Å². The van der Waals surface area contributed by atoms with E-state index in [1.807, 2.05) is 0 Å². The molecule has 7 nitrogen and oxygen atoms in total. The van der Waals surface area contributed by atoms with Crippen LogP contribution in [0.15, 0.2) is 18.3 Å². The number of pyridine rings is 1. The molecule has 1 heterocycles. The second-order valence-electron chi connectivity index (χ2n) is 3.25. The summed E-state index contributed by atoms with van der Waals surface area (Å²) >= 11 is 0. The average molecular weight is 239 g/mol. The van der Waals surface area contributed by atoms with Crippen molar-refractivity contribution in [3.05, 3.63) is 28.4 Å². The first kappa shape index (κ1) is 12.9. The number of nitro groups is 1. The molecule has 7 heteroatoms. The van der Waals surface area contributed by atoms with Crippen LogP contribution in [0.2, 0.25) is 0 Å². The molecule has 17 heavy (non-hydrogen) atoms. The van der Waals surface area contributed by atoms with E-state index in [9.17, 15) is 14.9 Å². The molecule has 0 aromatic carbocycles. The third kappa shape index (κ3) is 3.40. The molecule has 0 radical (unpaired) electrons. The summed E-state index contributed by atoms with van der Waals surface area (Å²) in [5, 5.41) is 13.4. The summed E-state index contributed by atoms with van der Waals surface area (Å²) in [5.74, 6) is -0.783. The number of ether oxygens (including phenoxy) is 1. The number of nitrogens with zero attached hydrogens (tertiary/aromatic N) is 2. The van der Waals surface area contributed by atoms with Gasteiger partial charge in [-0.1, -0.05) is 0 Å². The smallest absolute Gasteiger partial charge is 0.386 e. The average Bonchev–Trinajstić information content (AvgIpc) is 2.29. The van der Waals surface area contributed by atoms with Crippen LogP contribution in [0.1, 0.15) is 13.8 Å². The van der Waals surface area contributed by atoms with Gasteiger partial charge < -0.3 is 20.2 Å². The van der Waals surface area contributed by atoms with Gasteiger partial charge in [0.15, 0.2) is 0 Å². The van der Waals surface area contributed by atoms with E-state index in [0.717, 1.165) is 0 Å². The molecule has 1 rings (SSSR count). The Bertz CT molecular complexity index is 422. The molecule has 1 aromatic heterocycles. The zero-order valence-electron chi connectivity index (χ0n) is 9.54. The monoisotopic (exact) mass is 239 g/mol. The number of hydrogen-bond acceptors (Lipinski definition) is 6. The fraction of sp³-hybridized carbons (Fsp3) is 0.400. The van der Waals surface area contributed by atoms with Crippen molar-refractivity contribution in [3.8, 4) is 0 Å². The molecular weight excluding hydrogens is 226 g/mol. The van der Waals surface area contributed by atoms with Gasteiger partial charge >= 0.3 is 11.8 Å². The highest BCUT2D eigenvalue weighted by Gasteiger charge is 2.19. The number of nitrogens with one attached hydrogen (secondary N) is 1. The molecule has 1 atom stereocenters. The van der Waals surface area contributed by atoms with Gasteiger partial charge in [0.1, 0.15) is 17.9 Å². The number of hydrogen-bond donors (Lipinski definition) is 1. The molecule has 0 saturated heterocycles. The number of aromatic nitrogens is 1. The molecule has 0 aliphatic rings. The van der Waals surface area contributed by atoms with Crippen LogP contribution in [0.3, 0.4) is 0 Å². The lowest BCUT2D eigenvalue weighted by molar-refractivity contribution is -0.388. The Labute approximate surface area is 98.0 Å². The van der Waals surface area contributed by atoms with Crippen LogP contribution < -0.4 is 5.32 Å². The zero-order chi connectivity index (χ0) is 12.8. The van der Waals surface area contributed by atoms with E-state index >= 15 is 0 Å². The van der Waals surface area contributed by atoms with Crippen molar-refractivity contribution in [2.45, 2.75) is 19.9 Å². The van der Waals surface area contributed by atoms with Gasteiger partial charge in [-0.25, -0.2) is 4.79 Å². The van der Waals surface area contributed by atoms with Gasteiger partial charge in [-0.15, -0.1) is 0 Å². The largest absolute Gasteiger partial charge is 0.464 e. The molecule has 92 valence electrons. The topological polar surface area (TPSA) is 94.4 Å². The van der Waals surface area contributed by atoms with Gasteiger partial charge in [0.2, 0.25) is 0 Å². The zero-order valence-corrected chi connectivity index (χ0v) is 9.54. The lowest BCUT2D eigenvalue weighted by atomic mass is 10.3. The van der Waals surface area contributed by atoms with Crippen LogP contribution in [0, 0.1) is 10.1 Å². The molecule has 1 unspecified atom stereocenters. The Morgan fingerprint density at radius 3 is 3.00 bits per heavy atom. The van der Waals surface area contributed by atoms with Gasteiger partial charge in [-0.3, -0.25) is 0 Å². The molecule has 0 aliphatic carbocycles. The highest BCUT2D eigenvalue weighted by atomic mass is 16.6. The van der Waals surface area contributed by atoms with Crippen molar-refractivity contribution in [2.75, 3.05) is 11.9 Å². The van der Waals surface area contributed by atoms with Crippen LogP contribution >= 0.6 is 0 Å². The lowest BCUT2D eigenvalue weighted by Crippen LogP contribution is -2.28. The molecule has 0 aliphatic heterocycles. The first-order valence-corrected chi connectivity index (χ1v) is 5.08. The summed E-state index contributed by atoms with van der Waals surface area (Å²) < 4.78 is 4.78. The van der Waals surface area contributed by atoms with Crippen molar-refractivity contribution in [1.29, 1.82) is 0 Å². The molecule has 0 spiro atoms. The van der Waals surface area contributed by atoms with Gasteiger partial charge in [-0.2, -0.15) is 0 Å². The molecule has 0 amide bonds. The molecular formula is C10H13N3O4. The Balaban J connectivity index is 2.81. The van der Waals surface area contributed by atoms with Crippen LogP contribution in [0.25, 0.3) is 0 Å². The second-order valence-corrected chi connectivity index (χ2v) is 3.25. The number of esters is 1. The van der Waals surface area contributed by atoms with E-state index in [0.29, 0.717) is 0 Å². The fourth-order valence-electron chi connectivity index (χ4n) is 1.21. The number of carbonyl (C=O) groups is 1. The summed E-state index contributed by atoms with van der Waals surface area (Å²) in [7, 11) is 0. The minimum Gasteiger partial charge on any atom is -0.464 e. The van der Waals surface area contributed by atoms with Gasteiger partial charge in [0.05, 0.1) is 6.61 Å². The maximum Gasteiger partial charge on any atom is 0.386 e. The van der Waals surface area contributed by atoms with Crippen molar-refractivity contribution < 1.29 is 14.5 Å². The standard InChI is InChI=1S/C10H13N3O4/c1-3-17-10(14)7(2)12-8-5-4-6-11-9(8)13(15)16/h4-7,12H,3H2,1-2H3. The second kappa shape index (κ2) is 5.78. The summed E-state index contributed by atoms with van der Waals surface area (Å²) in [6, 6.07) is 2.37. The molecule has 1 aromatic rings. The SMILES string of the molecule is CCOC(=O)C(C)Nc1cccnc1[N+](=O)[O-]. The number of carbonyl (C=O) groups excluding carboxylic acids is 1. The van der Waals surface area contributed by atoms with Crippen LogP contribution in [0.4, 0.5) is 11.5 Å². The third-order valence-electron chi connectivity index (χ3n) is 1.97. The predicted octanol–water partition coefficient (Wildman–Crippen LogP) is 1.35. The van der Waals surface area contributed by atoms with Crippen molar-refractivity contribution in [1.82, 2.24) is 4.98 Å². The Morgan fingerprint density at radius 1 is 1.71 bits per heavy atom. The van der Waals surface area contributed by atoms with E-state index in [1.165, 1.54) is 12.3 Å². The number of rotatable bonds is 5. The quantitative estimate of drug-likeness (QED) is 0.473. The summed E-state index contributed by atoms with van der Waals surface area (Å²) in [4.78, 5) is 25.1. The highest BCUT2D eigenvalue weighted by Crippen LogP contribution is 2.20.